The van der Waals surface area contributed by atoms with Crippen LogP contribution in [0.2, 0.25) is 0 Å². The van der Waals surface area contributed by atoms with Crippen LogP contribution >= 0.6 is 0 Å². The van der Waals surface area contributed by atoms with E-state index in [0.717, 1.165) is 0 Å². The van der Waals surface area contributed by atoms with Crippen molar-refractivity contribution in [2.24, 2.45) is 5.73 Å². The fraction of sp³-hybridized carbons (Fsp3) is 0.125. The Labute approximate surface area is 128 Å². The fourth-order valence-corrected chi connectivity index (χ4v) is 1.70. The van der Waals surface area contributed by atoms with Crippen molar-refractivity contribution in [3.63, 3.8) is 0 Å². The SMILES string of the molecule is CC(C(N)=O)c1ccccc1O.Nc1ccccc1C(=O)O. The van der Waals surface area contributed by atoms with Gasteiger partial charge in [0.15, 0.2) is 0 Å². The molecule has 1 amide bonds. The molecule has 0 aliphatic heterocycles. The number of nitrogen functional groups attached to an aromatic ring is 1. The minimum absolute atomic E-state index is 0.115. The molecule has 0 radical (unpaired) electrons. The number of carbonyl (C=O) groups is 2. The van der Waals surface area contributed by atoms with Gasteiger partial charge in [0, 0.05) is 11.3 Å². The van der Waals surface area contributed by atoms with E-state index in [1.54, 1.807) is 43.3 Å². The van der Waals surface area contributed by atoms with Gasteiger partial charge in [-0.25, -0.2) is 4.79 Å². The molecule has 0 bridgehead atoms. The molecule has 0 heterocycles. The molecule has 6 nitrogen and oxygen atoms in total. The number of aromatic carboxylic acids is 1. The zero-order valence-electron chi connectivity index (χ0n) is 12.1. The summed E-state index contributed by atoms with van der Waals surface area (Å²) in [6.45, 7) is 1.66. The molecule has 1 atom stereocenters. The van der Waals surface area contributed by atoms with Crippen molar-refractivity contribution in [1.82, 2.24) is 0 Å². The smallest absolute Gasteiger partial charge is 0.337 e. The summed E-state index contributed by atoms with van der Waals surface area (Å²) in [5.41, 5.74) is 11.5. The summed E-state index contributed by atoms with van der Waals surface area (Å²) in [5.74, 6) is -1.75. The molecule has 0 saturated carbocycles. The molecule has 0 aliphatic rings. The van der Waals surface area contributed by atoms with Crippen LogP contribution in [0, 0.1) is 0 Å². The number of carboxylic acids is 1. The standard InChI is InChI=1S/C9H11NO2.C7H7NO2/c1-6(9(10)12)7-4-2-3-5-8(7)11;8-6-4-2-1-3-5(6)7(9)10/h2-6,11H,1H3,(H2,10,12);1-4H,8H2,(H,9,10). The number of carbonyl (C=O) groups excluding carboxylic acids is 1. The summed E-state index contributed by atoms with van der Waals surface area (Å²) in [7, 11) is 0. The fourth-order valence-electron chi connectivity index (χ4n) is 1.70. The van der Waals surface area contributed by atoms with Crippen molar-refractivity contribution in [2.75, 3.05) is 5.73 Å². The van der Waals surface area contributed by atoms with Crippen LogP contribution in [0.5, 0.6) is 5.75 Å². The van der Waals surface area contributed by atoms with Gasteiger partial charge in [-0.15, -0.1) is 0 Å². The van der Waals surface area contributed by atoms with E-state index in [2.05, 4.69) is 0 Å². The van der Waals surface area contributed by atoms with Crippen LogP contribution in [-0.4, -0.2) is 22.1 Å². The number of anilines is 1. The average Bonchev–Trinajstić information content (AvgIpc) is 2.48. The zero-order chi connectivity index (χ0) is 16.7. The Balaban J connectivity index is 0.000000224. The van der Waals surface area contributed by atoms with E-state index in [9.17, 15) is 14.7 Å². The van der Waals surface area contributed by atoms with Gasteiger partial charge in [0.25, 0.3) is 0 Å². The Bertz CT molecular complexity index is 671. The molecule has 0 saturated heterocycles. The third-order valence-corrected chi connectivity index (χ3v) is 3.02. The molecule has 6 heteroatoms. The van der Waals surface area contributed by atoms with Crippen LogP contribution in [0.15, 0.2) is 48.5 Å². The predicted octanol–water partition coefficient (Wildman–Crippen LogP) is 1.95. The lowest BCUT2D eigenvalue weighted by atomic mass is 10.00. The van der Waals surface area contributed by atoms with Gasteiger partial charge in [-0.1, -0.05) is 30.3 Å². The third-order valence-electron chi connectivity index (χ3n) is 3.02. The average molecular weight is 302 g/mol. The molecule has 2 rings (SSSR count). The van der Waals surface area contributed by atoms with Gasteiger partial charge in [-0.05, 0) is 25.1 Å². The van der Waals surface area contributed by atoms with E-state index in [1.807, 2.05) is 0 Å². The summed E-state index contributed by atoms with van der Waals surface area (Å²) in [5, 5.41) is 17.8. The Hall–Kier alpha value is -3.02. The zero-order valence-corrected chi connectivity index (χ0v) is 12.1. The van der Waals surface area contributed by atoms with Crippen LogP contribution in [0.25, 0.3) is 0 Å². The molecule has 2 aromatic rings. The first-order valence-electron chi connectivity index (χ1n) is 6.49. The monoisotopic (exact) mass is 302 g/mol. The lowest BCUT2D eigenvalue weighted by molar-refractivity contribution is -0.119. The maximum atomic E-state index is 10.8. The molecule has 2 aromatic carbocycles. The topological polar surface area (TPSA) is 127 Å². The molecule has 1 unspecified atom stereocenters. The van der Waals surface area contributed by atoms with Gasteiger partial charge < -0.3 is 21.7 Å². The summed E-state index contributed by atoms with van der Waals surface area (Å²) in [6.07, 6.45) is 0. The van der Waals surface area contributed by atoms with Crippen molar-refractivity contribution in [1.29, 1.82) is 0 Å². The molecule has 6 N–H and O–H groups in total. The second kappa shape index (κ2) is 7.68. The number of benzene rings is 2. The van der Waals surface area contributed by atoms with Crippen molar-refractivity contribution < 1.29 is 19.8 Å². The van der Waals surface area contributed by atoms with Crippen LogP contribution in [0.1, 0.15) is 28.8 Å². The minimum atomic E-state index is -0.988. The van der Waals surface area contributed by atoms with Crippen molar-refractivity contribution >= 4 is 17.6 Å². The summed E-state index contributed by atoms with van der Waals surface area (Å²) >= 11 is 0. The highest BCUT2D eigenvalue weighted by Crippen LogP contribution is 2.24. The van der Waals surface area contributed by atoms with E-state index in [0.29, 0.717) is 11.3 Å². The number of carboxylic acid groups (broad SMARTS) is 1. The first-order valence-corrected chi connectivity index (χ1v) is 6.49. The number of rotatable bonds is 3. The molecule has 0 aliphatic carbocycles. The first kappa shape index (κ1) is 17.0. The Morgan fingerprint density at radius 3 is 2.05 bits per heavy atom. The first-order chi connectivity index (χ1) is 10.3. The van der Waals surface area contributed by atoms with Crippen LogP contribution in [-0.2, 0) is 4.79 Å². The van der Waals surface area contributed by atoms with Crippen molar-refractivity contribution in [3.05, 3.63) is 59.7 Å². The van der Waals surface area contributed by atoms with Crippen LogP contribution in [0.3, 0.4) is 0 Å². The van der Waals surface area contributed by atoms with E-state index >= 15 is 0 Å². The highest BCUT2D eigenvalue weighted by molar-refractivity contribution is 5.93. The van der Waals surface area contributed by atoms with Gasteiger partial charge in [-0.3, -0.25) is 4.79 Å². The number of phenolic OH excluding ortho intramolecular Hbond substituents is 1. The van der Waals surface area contributed by atoms with E-state index in [4.69, 9.17) is 16.6 Å². The predicted molar refractivity (Wildman–Crippen MR) is 83.5 cm³/mol. The lowest BCUT2D eigenvalue weighted by Crippen LogP contribution is -2.18. The van der Waals surface area contributed by atoms with E-state index in [1.165, 1.54) is 12.1 Å². The third kappa shape index (κ3) is 4.52. The number of hydrogen-bond donors (Lipinski definition) is 4. The number of primary amides is 1. The largest absolute Gasteiger partial charge is 0.508 e. The van der Waals surface area contributed by atoms with Gasteiger partial charge in [0.05, 0.1) is 11.5 Å². The molecule has 0 fully saturated rings. The summed E-state index contributed by atoms with van der Waals surface area (Å²) in [6, 6.07) is 13.0. The number of phenols is 1. The van der Waals surface area contributed by atoms with E-state index < -0.39 is 17.8 Å². The van der Waals surface area contributed by atoms with Gasteiger partial charge in [-0.2, -0.15) is 0 Å². The number of nitrogens with two attached hydrogens (primary N) is 2. The second-order valence-electron chi connectivity index (χ2n) is 4.58. The molecular formula is C16H18N2O4. The maximum absolute atomic E-state index is 10.8. The Kier molecular flexibility index (Phi) is 5.95. The van der Waals surface area contributed by atoms with Crippen LogP contribution < -0.4 is 11.5 Å². The normalized spacial score (nSPS) is 11.0. The van der Waals surface area contributed by atoms with Crippen LogP contribution in [0.4, 0.5) is 5.69 Å². The molecule has 22 heavy (non-hydrogen) atoms. The Morgan fingerprint density at radius 2 is 1.59 bits per heavy atom. The van der Waals surface area contributed by atoms with Gasteiger partial charge >= 0.3 is 5.97 Å². The highest BCUT2D eigenvalue weighted by Gasteiger charge is 2.14. The molecule has 116 valence electrons. The summed E-state index contributed by atoms with van der Waals surface area (Å²) in [4.78, 5) is 21.1. The lowest BCUT2D eigenvalue weighted by Gasteiger charge is -2.08. The number of amides is 1. The Morgan fingerprint density at radius 1 is 1.05 bits per heavy atom. The second-order valence-corrected chi connectivity index (χ2v) is 4.58. The van der Waals surface area contributed by atoms with Gasteiger partial charge in [0.2, 0.25) is 5.91 Å². The number of aromatic hydroxyl groups is 1. The number of para-hydroxylation sites is 2. The van der Waals surface area contributed by atoms with E-state index in [-0.39, 0.29) is 11.3 Å². The highest BCUT2D eigenvalue weighted by atomic mass is 16.4. The van der Waals surface area contributed by atoms with Gasteiger partial charge in [0.1, 0.15) is 5.75 Å². The summed E-state index contributed by atoms with van der Waals surface area (Å²) < 4.78 is 0. The quantitative estimate of drug-likeness (QED) is 0.644. The molecule has 0 spiro atoms. The van der Waals surface area contributed by atoms with Crippen molar-refractivity contribution in [3.8, 4) is 5.75 Å². The number of hydrogen-bond acceptors (Lipinski definition) is 4. The maximum Gasteiger partial charge on any atom is 0.337 e. The van der Waals surface area contributed by atoms with Crippen molar-refractivity contribution in [2.45, 2.75) is 12.8 Å². The molecular weight excluding hydrogens is 284 g/mol. The minimum Gasteiger partial charge on any atom is -0.508 e. The molecule has 0 aromatic heterocycles.